The molecule has 0 radical (unpaired) electrons. The summed E-state index contributed by atoms with van der Waals surface area (Å²) in [5.41, 5.74) is 0.635. The van der Waals surface area contributed by atoms with Crippen LogP contribution in [0.4, 0.5) is 0 Å². The van der Waals surface area contributed by atoms with Gasteiger partial charge < -0.3 is 5.32 Å². The molecule has 2 nitrogen and oxygen atoms in total. The molecular formula is C12H11NO. The van der Waals surface area contributed by atoms with Crippen LogP contribution in [0.2, 0.25) is 0 Å². The largest absolute Gasteiger partial charge is 0.359 e. The van der Waals surface area contributed by atoms with Crippen molar-refractivity contribution in [3.63, 3.8) is 0 Å². The molecule has 0 atom stereocenters. The molecule has 0 spiro atoms. The predicted molar refractivity (Wildman–Crippen MR) is 56.3 cm³/mol. The fourth-order valence-corrected chi connectivity index (χ4v) is 1.40. The second-order valence-corrected chi connectivity index (χ2v) is 3.13. The number of ketones is 1. The first-order valence-electron chi connectivity index (χ1n) is 4.57. The molecule has 0 fully saturated rings. The van der Waals surface area contributed by atoms with E-state index in [9.17, 15) is 4.79 Å². The van der Waals surface area contributed by atoms with Crippen molar-refractivity contribution in [3.8, 4) is 0 Å². The van der Waals surface area contributed by atoms with E-state index >= 15 is 0 Å². The molecule has 0 aromatic carbocycles. The summed E-state index contributed by atoms with van der Waals surface area (Å²) in [7, 11) is 0. The van der Waals surface area contributed by atoms with E-state index in [4.69, 9.17) is 0 Å². The van der Waals surface area contributed by atoms with Crippen LogP contribution < -0.4 is 5.32 Å². The topological polar surface area (TPSA) is 29.1 Å². The number of allylic oxidation sites excluding steroid dienone is 9. The average molecular weight is 185 g/mol. The Labute approximate surface area is 83.0 Å². The molecule has 0 saturated carbocycles. The first-order valence-corrected chi connectivity index (χ1v) is 4.57. The summed E-state index contributed by atoms with van der Waals surface area (Å²) in [6.07, 6.45) is 16.7. The Morgan fingerprint density at radius 2 is 1.86 bits per heavy atom. The third kappa shape index (κ3) is 1.74. The lowest BCUT2D eigenvalue weighted by molar-refractivity contribution is -0.117. The maximum Gasteiger partial charge on any atom is 0.189 e. The first-order chi connectivity index (χ1) is 6.88. The summed E-state index contributed by atoms with van der Waals surface area (Å²) in [5, 5.41) is 2.96. The molecule has 2 aliphatic rings. The van der Waals surface area contributed by atoms with Crippen molar-refractivity contribution < 1.29 is 4.79 Å². The maximum atomic E-state index is 11.9. The molecule has 0 aromatic heterocycles. The lowest BCUT2D eigenvalue weighted by atomic mass is 10.0. The molecule has 0 amide bonds. The van der Waals surface area contributed by atoms with E-state index in [1.54, 1.807) is 12.3 Å². The molecule has 1 N–H and O–H groups in total. The molecule has 0 bridgehead atoms. The van der Waals surface area contributed by atoms with E-state index in [0.29, 0.717) is 5.70 Å². The zero-order valence-electron chi connectivity index (χ0n) is 7.68. The van der Waals surface area contributed by atoms with Gasteiger partial charge in [-0.15, -0.1) is 0 Å². The molecule has 0 saturated heterocycles. The van der Waals surface area contributed by atoms with Crippen LogP contribution in [-0.4, -0.2) is 5.78 Å². The highest BCUT2D eigenvalue weighted by atomic mass is 16.1. The van der Waals surface area contributed by atoms with Gasteiger partial charge in [-0.1, -0.05) is 36.5 Å². The Balaban J connectivity index is 2.15. The molecule has 1 aliphatic carbocycles. The third-order valence-corrected chi connectivity index (χ3v) is 2.14. The maximum absolute atomic E-state index is 11.9. The average Bonchev–Trinajstić information content (AvgIpc) is 2.59. The second-order valence-electron chi connectivity index (χ2n) is 3.13. The van der Waals surface area contributed by atoms with E-state index in [-0.39, 0.29) is 11.7 Å². The van der Waals surface area contributed by atoms with E-state index in [1.165, 1.54) is 0 Å². The highest BCUT2D eigenvalue weighted by Gasteiger charge is 2.17. The van der Waals surface area contributed by atoms with Gasteiger partial charge in [-0.3, -0.25) is 4.79 Å². The third-order valence-electron chi connectivity index (χ3n) is 2.14. The number of carbonyl (C=O) groups is 1. The minimum absolute atomic E-state index is 0.103. The van der Waals surface area contributed by atoms with Gasteiger partial charge >= 0.3 is 0 Å². The van der Waals surface area contributed by atoms with Gasteiger partial charge in [0, 0.05) is 6.20 Å². The van der Waals surface area contributed by atoms with Gasteiger partial charge in [0.25, 0.3) is 0 Å². The van der Waals surface area contributed by atoms with E-state index < -0.39 is 0 Å². The minimum Gasteiger partial charge on any atom is -0.359 e. The zero-order valence-corrected chi connectivity index (χ0v) is 7.68. The van der Waals surface area contributed by atoms with Crippen LogP contribution >= 0.6 is 0 Å². The molecule has 14 heavy (non-hydrogen) atoms. The molecule has 0 aromatic rings. The number of carbonyl (C=O) groups excluding carboxylic acids is 1. The monoisotopic (exact) mass is 185 g/mol. The molecule has 2 heteroatoms. The highest BCUT2D eigenvalue weighted by Crippen LogP contribution is 2.14. The first kappa shape index (κ1) is 8.75. The van der Waals surface area contributed by atoms with Crippen LogP contribution in [0.1, 0.15) is 0 Å². The molecule has 2 rings (SSSR count). The Bertz CT molecular complexity index is 371. The fourth-order valence-electron chi connectivity index (χ4n) is 1.40. The summed E-state index contributed by atoms with van der Waals surface area (Å²) in [5.74, 6) is -0.000139. The van der Waals surface area contributed by atoms with Gasteiger partial charge in [-0.2, -0.15) is 0 Å². The van der Waals surface area contributed by atoms with Crippen LogP contribution in [0, 0.1) is 5.92 Å². The molecular weight excluding hydrogens is 174 g/mol. The van der Waals surface area contributed by atoms with Crippen LogP contribution in [0.5, 0.6) is 0 Å². The molecule has 1 aliphatic heterocycles. The van der Waals surface area contributed by atoms with Crippen molar-refractivity contribution in [1.82, 2.24) is 5.32 Å². The SMILES string of the molecule is O=C(C1=CC=CC=CN1)C1C=CC=C1. The van der Waals surface area contributed by atoms with Crippen molar-refractivity contribution in [1.29, 1.82) is 0 Å². The van der Waals surface area contributed by atoms with Crippen molar-refractivity contribution in [3.05, 3.63) is 60.5 Å². The van der Waals surface area contributed by atoms with Crippen LogP contribution in [0.3, 0.4) is 0 Å². The van der Waals surface area contributed by atoms with Gasteiger partial charge in [0.05, 0.1) is 11.6 Å². The number of rotatable bonds is 2. The summed E-state index contributed by atoms with van der Waals surface area (Å²) < 4.78 is 0. The minimum atomic E-state index is -0.103. The fraction of sp³-hybridized carbons (Fsp3) is 0.0833. The highest BCUT2D eigenvalue weighted by molar-refractivity contribution is 5.99. The Hall–Kier alpha value is -1.83. The van der Waals surface area contributed by atoms with Crippen molar-refractivity contribution in [2.24, 2.45) is 5.92 Å². The van der Waals surface area contributed by atoms with Crippen molar-refractivity contribution in [2.45, 2.75) is 0 Å². The smallest absolute Gasteiger partial charge is 0.189 e. The lowest BCUT2D eigenvalue weighted by Crippen LogP contribution is -2.20. The zero-order chi connectivity index (χ0) is 9.80. The van der Waals surface area contributed by atoms with Crippen LogP contribution in [-0.2, 0) is 4.79 Å². The second kappa shape index (κ2) is 3.92. The molecule has 70 valence electrons. The lowest BCUT2D eigenvalue weighted by Gasteiger charge is -2.07. The van der Waals surface area contributed by atoms with Gasteiger partial charge in [0.1, 0.15) is 0 Å². The van der Waals surface area contributed by atoms with Gasteiger partial charge in [-0.05, 0) is 12.2 Å². The number of hydrogen-bond donors (Lipinski definition) is 1. The summed E-state index contributed by atoms with van der Waals surface area (Å²) in [4.78, 5) is 11.9. The molecule has 0 unspecified atom stereocenters. The normalized spacial score (nSPS) is 19.3. The number of nitrogens with one attached hydrogen (secondary N) is 1. The number of hydrogen-bond acceptors (Lipinski definition) is 2. The predicted octanol–water partition coefficient (Wildman–Crippen LogP) is 1.85. The summed E-state index contributed by atoms with van der Waals surface area (Å²) >= 11 is 0. The quantitative estimate of drug-likeness (QED) is 0.711. The standard InChI is InChI=1S/C12H11NO/c14-12(10-6-3-4-7-10)11-8-2-1-5-9-13-11/h1-10,13H. The van der Waals surface area contributed by atoms with E-state index in [1.807, 2.05) is 42.5 Å². The van der Waals surface area contributed by atoms with Crippen molar-refractivity contribution >= 4 is 5.78 Å². The van der Waals surface area contributed by atoms with E-state index in [0.717, 1.165) is 0 Å². The van der Waals surface area contributed by atoms with Gasteiger partial charge in [0.15, 0.2) is 5.78 Å². The van der Waals surface area contributed by atoms with Gasteiger partial charge in [0.2, 0.25) is 0 Å². The summed E-state index contributed by atoms with van der Waals surface area (Å²) in [6.45, 7) is 0. The van der Waals surface area contributed by atoms with E-state index in [2.05, 4.69) is 5.32 Å². The Morgan fingerprint density at radius 3 is 2.64 bits per heavy atom. The van der Waals surface area contributed by atoms with Crippen LogP contribution in [0.25, 0.3) is 0 Å². The van der Waals surface area contributed by atoms with Gasteiger partial charge in [-0.25, -0.2) is 0 Å². The molecule has 1 heterocycles. The van der Waals surface area contributed by atoms with Crippen LogP contribution in [0.15, 0.2) is 60.5 Å². The Morgan fingerprint density at radius 1 is 1.07 bits per heavy atom. The number of Topliss-reactive ketones (excluding diaryl/α,β-unsaturated/α-hetero) is 1. The van der Waals surface area contributed by atoms with Crippen molar-refractivity contribution in [2.75, 3.05) is 0 Å². The summed E-state index contributed by atoms with van der Waals surface area (Å²) in [6, 6.07) is 0. The Kier molecular flexibility index (Phi) is 2.45.